The molecule has 0 bridgehead atoms. The molecule has 0 aliphatic carbocycles. The molecule has 0 saturated carbocycles. The van der Waals surface area contributed by atoms with E-state index in [2.05, 4.69) is 25.7 Å². The summed E-state index contributed by atoms with van der Waals surface area (Å²) in [5, 5.41) is 0. The quantitative estimate of drug-likeness (QED) is 0.327. The molecule has 4 rings (SSSR count). The van der Waals surface area contributed by atoms with Crippen molar-refractivity contribution in [2.75, 3.05) is 39.3 Å². The number of halogens is 2. The van der Waals surface area contributed by atoms with Crippen molar-refractivity contribution in [1.29, 1.82) is 0 Å². The molecule has 0 spiro atoms. The standard InChI is InChI=1S/C30H36F2N2O3S/c1-4-30(2,3)25-11-13-26(14-12-25)38(35,36)34-18-16-33(17-19-34)20-21-37-29(23-8-6-5-7-9-23)24-10-15-27(31)28(32)22-24/h5-15,22,29H,4,16-21H2,1-3H3/t29-/m1/s1. The highest BCUT2D eigenvalue weighted by Crippen LogP contribution is 2.29. The predicted molar refractivity (Wildman–Crippen MR) is 146 cm³/mol. The van der Waals surface area contributed by atoms with Crippen LogP contribution >= 0.6 is 0 Å². The van der Waals surface area contributed by atoms with Crippen LogP contribution in [-0.2, 0) is 20.2 Å². The van der Waals surface area contributed by atoms with E-state index < -0.39 is 27.8 Å². The van der Waals surface area contributed by atoms with Gasteiger partial charge in [0.25, 0.3) is 0 Å². The summed E-state index contributed by atoms with van der Waals surface area (Å²) < 4.78 is 61.6. The average Bonchev–Trinajstić information content (AvgIpc) is 2.93. The lowest BCUT2D eigenvalue weighted by Crippen LogP contribution is -2.49. The lowest BCUT2D eigenvalue weighted by molar-refractivity contribution is 0.0525. The second kappa shape index (κ2) is 12.0. The third-order valence-electron chi connectivity index (χ3n) is 7.53. The molecular formula is C30H36F2N2O3S. The molecular weight excluding hydrogens is 506 g/mol. The summed E-state index contributed by atoms with van der Waals surface area (Å²) in [5.41, 5.74) is 2.52. The summed E-state index contributed by atoms with van der Waals surface area (Å²) in [6, 6.07) is 20.5. The minimum Gasteiger partial charge on any atom is -0.367 e. The molecule has 204 valence electrons. The first-order chi connectivity index (χ1) is 18.1. The summed E-state index contributed by atoms with van der Waals surface area (Å²) in [6.07, 6.45) is 0.436. The number of benzene rings is 3. The first kappa shape index (κ1) is 28.4. The summed E-state index contributed by atoms with van der Waals surface area (Å²) in [7, 11) is -3.56. The highest BCUT2D eigenvalue weighted by Gasteiger charge is 2.29. The van der Waals surface area contributed by atoms with Gasteiger partial charge in [0.05, 0.1) is 11.5 Å². The number of ether oxygens (including phenoxy) is 1. The first-order valence-electron chi connectivity index (χ1n) is 13.1. The number of nitrogens with zero attached hydrogens (tertiary/aromatic N) is 2. The molecule has 1 aliphatic rings. The Labute approximate surface area is 225 Å². The van der Waals surface area contributed by atoms with E-state index in [0.29, 0.717) is 49.8 Å². The Balaban J connectivity index is 1.34. The molecule has 0 aromatic heterocycles. The molecule has 0 amide bonds. The van der Waals surface area contributed by atoms with Crippen LogP contribution in [0.2, 0.25) is 0 Å². The fourth-order valence-electron chi connectivity index (χ4n) is 4.61. The molecule has 1 fully saturated rings. The smallest absolute Gasteiger partial charge is 0.243 e. The first-order valence-corrected chi connectivity index (χ1v) is 14.5. The molecule has 0 N–H and O–H groups in total. The summed E-state index contributed by atoms with van der Waals surface area (Å²) in [5.74, 6) is -1.80. The van der Waals surface area contributed by atoms with Crippen LogP contribution in [-0.4, -0.2) is 57.0 Å². The molecule has 38 heavy (non-hydrogen) atoms. The molecule has 1 saturated heterocycles. The van der Waals surface area contributed by atoms with Gasteiger partial charge >= 0.3 is 0 Å². The van der Waals surface area contributed by atoms with Gasteiger partial charge in [-0.15, -0.1) is 0 Å². The van der Waals surface area contributed by atoms with Crippen molar-refractivity contribution < 1.29 is 21.9 Å². The molecule has 0 radical (unpaired) electrons. The second-order valence-electron chi connectivity index (χ2n) is 10.3. The third kappa shape index (κ3) is 6.49. The van der Waals surface area contributed by atoms with Gasteiger partial charge in [0, 0.05) is 32.7 Å². The van der Waals surface area contributed by atoms with E-state index in [4.69, 9.17) is 4.74 Å². The van der Waals surface area contributed by atoms with E-state index >= 15 is 0 Å². The van der Waals surface area contributed by atoms with Crippen LogP contribution in [0, 0.1) is 11.6 Å². The molecule has 0 unspecified atom stereocenters. The number of piperazine rings is 1. The van der Waals surface area contributed by atoms with Crippen LogP contribution in [0.25, 0.3) is 0 Å². The van der Waals surface area contributed by atoms with E-state index in [1.165, 1.54) is 12.1 Å². The van der Waals surface area contributed by atoms with Crippen LogP contribution in [0.1, 0.15) is 50.0 Å². The zero-order chi connectivity index (χ0) is 27.3. The molecule has 3 aromatic carbocycles. The molecule has 1 heterocycles. The fourth-order valence-corrected chi connectivity index (χ4v) is 6.03. The van der Waals surface area contributed by atoms with Crippen LogP contribution in [0.5, 0.6) is 0 Å². The minimum atomic E-state index is -3.56. The molecule has 1 atom stereocenters. The monoisotopic (exact) mass is 542 g/mol. The van der Waals surface area contributed by atoms with E-state index in [0.717, 1.165) is 23.6 Å². The van der Waals surface area contributed by atoms with Gasteiger partial charge in [0.2, 0.25) is 10.0 Å². The van der Waals surface area contributed by atoms with E-state index in [1.807, 2.05) is 42.5 Å². The van der Waals surface area contributed by atoms with Gasteiger partial charge in [-0.1, -0.05) is 69.3 Å². The molecule has 3 aromatic rings. The van der Waals surface area contributed by atoms with Crippen molar-refractivity contribution in [3.63, 3.8) is 0 Å². The Morgan fingerprint density at radius 2 is 1.53 bits per heavy atom. The van der Waals surface area contributed by atoms with Crippen LogP contribution in [0.4, 0.5) is 8.78 Å². The summed E-state index contributed by atoms with van der Waals surface area (Å²) in [4.78, 5) is 2.48. The Hall–Kier alpha value is -2.65. The maximum absolute atomic E-state index is 13.9. The van der Waals surface area contributed by atoms with E-state index in [9.17, 15) is 17.2 Å². The van der Waals surface area contributed by atoms with Gasteiger partial charge < -0.3 is 4.74 Å². The van der Waals surface area contributed by atoms with Crippen molar-refractivity contribution in [1.82, 2.24) is 9.21 Å². The summed E-state index contributed by atoms with van der Waals surface area (Å²) >= 11 is 0. The van der Waals surface area contributed by atoms with Crippen molar-refractivity contribution >= 4 is 10.0 Å². The Morgan fingerprint density at radius 1 is 0.868 bits per heavy atom. The predicted octanol–water partition coefficient (Wildman–Crippen LogP) is 5.76. The Bertz CT molecular complexity index is 1310. The number of sulfonamides is 1. The highest BCUT2D eigenvalue weighted by atomic mass is 32.2. The average molecular weight is 543 g/mol. The Morgan fingerprint density at radius 3 is 2.13 bits per heavy atom. The van der Waals surface area contributed by atoms with Gasteiger partial charge in [0.15, 0.2) is 11.6 Å². The summed E-state index contributed by atoms with van der Waals surface area (Å²) in [6.45, 7) is 9.36. The molecule has 5 nitrogen and oxygen atoms in total. The van der Waals surface area contributed by atoms with E-state index in [-0.39, 0.29) is 5.41 Å². The maximum atomic E-state index is 13.9. The zero-order valence-corrected chi connectivity index (χ0v) is 23.1. The lowest BCUT2D eigenvalue weighted by atomic mass is 9.82. The largest absolute Gasteiger partial charge is 0.367 e. The van der Waals surface area contributed by atoms with Crippen molar-refractivity contribution in [3.8, 4) is 0 Å². The van der Waals surface area contributed by atoms with Gasteiger partial charge in [-0.25, -0.2) is 17.2 Å². The second-order valence-corrected chi connectivity index (χ2v) is 12.3. The van der Waals surface area contributed by atoms with Gasteiger partial charge in [-0.2, -0.15) is 4.31 Å². The van der Waals surface area contributed by atoms with Gasteiger partial charge in [0.1, 0.15) is 6.10 Å². The fraction of sp³-hybridized carbons (Fsp3) is 0.400. The topological polar surface area (TPSA) is 49.9 Å². The highest BCUT2D eigenvalue weighted by molar-refractivity contribution is 7.89. The van der Waals surface area contributed by atoms with Crippen LogP contribution in [0.15, 0.2) is 77.7 Å². The van der Waals surface area contributed by atoms with Crippen LogP contribution < -0.4 is 0 Å². The SMILES string of the molecule is CCC(C)(C)c1ccc(S(=O)(=O)N2CCN(CCO[C@H](c3ccccc3)c3ccc(F)c(F)c3)CC2)cc1. The van der Waals surface area contributed by atoms with Crippen molar-refractivity contribution in [3.05, 3.63) is 101 Å². The van der Waals surface area contributed by atoms with Crippen molar-refractivity contribution in [2.45, 2.75) is 43.6 Å². The third-order valence-corrected chi connectivity index (χ3v) is 9.44. The van der Waals surface area contributed by atoms with Crippen LogP contribution in [0.3, 0.4) is 0 Å². The normalized spacial score (nSPS) is 16.4. The molecule has 8 heteroatoms. The van der Waals surface area contributed by atoms with Crippen molar-refractivity contribution in [2.24, 2.45) is 0 Å². The molecule has 1 aliphatic heterocycles. The van der Waals surface area contributed by atoms with Gasteiger partial charge in [-0.3, -0.25) is 4.90 Å². The maximum Gasteiger partial charge on any atom is 0.243 e. The van der Waals surface area contributed by atoms with Gasteiger partial charge in [-0.05, 0) is 52.8 Å². The van der Waals surface area contributed by atoms with E-state index in [1.54, 1.807) is 16.4 Å². The zero-order valence-electron chi connectivity index (χ0n) is 22.2. The number of hydrogen-bond acceptors (Lipinski definition) is 4. The number of rotatable bonds is 10. The lowest BCUT2D eigenvalue weighted by Gasteiger charge is -2.34. The minimum absolute atomic E-state index is 0.000368. The Kier molecular flexibility index (Phi) is 8.98. The number of hydrogen-bond donors (Lipinski definition) is 0.